The molecule has 30 heavy (non-hydrogen) atoms. The van der Waals surface area contributed by atoms with Crippen molar-refractivity contribution in [1.82, 2.24) is 24.0 Å². The lowest BCUT2D eigenvalue weighted by Crippen LogP contribution is -2.42. The number of fused-ring (bicyclic) bond motifs is 1. The quantitative estimate of drug-likeness (QED) is 0.664. The minimum Gasteiger partial charge on any atom is -0.364 e. The van der Waals surface area contributed by atoms with E-state index in [4.69, 9.17) is 5.73 Å². The first-order valence-corrected chi connectivity index (χ1v) is 11.0. The topological polar surface area (TPSA) is 116 Å². The summed E-state index contributed by atoms with van der Waals surface area (Å²) in [6.07, 6.45) is 2.03. The maximum atomic E-state index is 13.1. The van der Waals surface area contributed by atoms with E-state index in [1.807, 2.05) is 23.8 Å². The van der Waals surface area contributed by atoms with Gasteiger partial charge in [-0.05, 0) is 37.1 Å². The lowest BCUT2D eigenvalue weighted by atomic mass is 10.0. The Balaban J connectivity index is 1.85. The molecular weight excluding hydrogens is 404 g/mol. The summed E-state index contributed by atoms with van der Waals surface area (Å²) in [4.78, 5) is 49.0. The lowest BCUT2D eigenvalue weighted by molar-refractivity contribution is -0.133. The van der Waals surface area contributed by atoms with Crippen LogP contribution in [-0.4, -0.2) is 48.9 Å². The van der Waals surface area contributed by atoms with Crippen molar-refractivity contribution >= 4 is 34.3 Å². The van der Waals surface area contributed by atoms with Gasteiger partial charge in [0, 0.05) is 30.6 Å². The number of thiophene rings is 1. The van der Waals surface area contributed by atoms with Crippen LogP contribution >= 0.6 is 11.3 Å². The van der Waals surface area contributed by atoms with Gasteiger partial charge in [-0.3, -0.25) is 18.7 Å². The lowest BCUT2D eigenvalue weighted by Gasteiger charge is -2.31. The first-order valence-electron chi connectivity index (χ1n) is 10.0. The number of hydrogen-bond donors (Lipinski definition) is 1. The van der Waals surface area contributed by atoms with Crippen LogP contribution < -0.4 is 11.4 Å². The Morgan fingerprint density at radius 1 is 1.30 bits per heavy atom. The fourth-order valence-electron chi connectivity index (χ4n) is 3.99. The molecule has 1 saturated heterocycles. The number of rotatable bonds is 5. The van der Waals surface area contributed by atoms with Gasteiger partial charge < -0.3 is 10.6 Å². The normalized spacial score (nSPS) is 16.9. The van der Waals surface area contributed by atoms with Crippen LogP contribution in [0.4, 0.5) is 0 Å². The summed E-state index contributed by atoms with van der Waals surface area (Å²) in [6.45, 7) is 5.44. The number of aromatic nitrogens is 4. The Labute approximate surface area is 177 Å². The zero-order valence-electron chi connectivity index (χ0n) is 17.0. The van der Waals surface area contributed by atoms with Crippen molar-refractivity contribution in [3.8, 4) is 11.4 Å². The molecule has 158 valence electrons. The van der Waals surface area contributed by atoms with Crippen LogP contribution in [-0.2, 0) is 17.9 Å². The Morgan fingerprint density at radius 2 is 2.10 bits per heavy atom. The molecule has 0 radical (unpaired) electrons. The predicted molar refractivity (Wildman–Crippen MR) is 114 cm³/mol. The van der Waals surface area contributed by atoms with Gasteiger partial charge in [-0.15, -0.1) is 0 Å². The SMILES string of the molecule is CCn1c(=O)n(CC(=O)N2CCC[C@H](C)C2)c2c(C(N)=O)nc(-c3ccsc3)nc21. The zero-order chi connectivity index (χ0) is 21.4. The molecule has 9 nitrogen and oxygen atoms in total. The molecule has 3 aromatic heterocycles. The number of primary amides is 1. The molecule has 0 bridgehead atoms. The van der Waals surface area contributed by atoms with Crippen molar-refractivity contribution in [2.75, 3.05) is 13.1 Å². The molecule has 1 atom stereocenters. The average Bonchev–Trinajstić information content (AvgIpc) is 3.34. The van der Waals surface area contributed by atoms with E-state index >= 15 is 0 Å². The first kappa shape index (κ1) is 20.3. The van der Waals surface area contributed by atoms with E-state index in [9.17, 15) is 14.4 Å². The first-order chi connectivity index (χ1) is 14.4. The Kier molecular flexibility index (Phi) is 5.42. The molecule has 1 aliphatic rings. The zero-order valence-corrected chi connectivity index (χ0v) is 17.8. The summed E-state index contributed by atoms with van der Waals surface area (Å²) >= 11 is 1.48. The average molecular weight is 429 g/mol. The van der Waals surface area contributed by atoms with Crippen molar-refractivity contribution in [3.63, 3.8) is 0 Å². The number of carbonyl (C=O) groups is 2. The maximum absolute atomic E-state index is 13.1. The van der Waals surface area contributed by atoms with Gasteiger partial charge >= 0.3 is 5.69 Å². The summed E-state index contributed by atoms with van der Waals surface area (Å²) in [7, 11) is 0. The van der Waals surface area contributed by atoms with E-state index in [-0.39, 0.29) is 23.7 Å². The second kappa shape index (κ2) is 8.02. The molecule has 0 saturated carbocycles. The number of nitrogens with zero attached hydrogens (tertiary/aromatic N) is 5. The molecule has 0 unspecified atom stereocenters. The highest BCUT2D eigenvalue weighted by molar-refractivity contribution is 7.08. The summed E-state index contributed by atoms with van der Waals surface area (Å²) in [5, 5.41) is 3.74. The van der Waals surface area contributed by atoms with Gasteiger partial charge in [0.2, 0.25) is 5.91 Å². The van der Waals surface area contributed by atoms with Crippen LogP contribution in [0, 0.1) is 5.92 Å². The van der Waals surface area contributed by atoms with E-state index in [1.54, 1.807) is 4.90 Å². The largest absolute Gasteiger partial charge is 0.364 e. The van der Waals surface area contributed by atoms with Gasteiger partial charge in [-0.2, -0.15) is 11.3 Å². The number of aryl methyl sites for hydroxylation is 1. The second-order valence-corrected chi connectivity index (χ2v) is 8.42. The second-order valence-electron chi connectivity index (χ2n) is 7.64. The smallest absolute Gasteiger partial charge is 0.330 e. The molecule has 0 aliphatic carbocycles. The van der Waals surface area contributed by atoms with E-state index in [1.165, 1.54) is 20.5 Å². The summed E-state index contributed by atoms with van der Waals surface area (Å²) in [5.74, 6) is -0.168. The number of amides is 2. The van der Waals surface area contributed by atoms with Crippen LogP contribution in [0.2, 0.25) is 0 Å². The van der Waals surface area contributed by atoms with Crippen molar-refractivity contribution < 1.29 is 9.59 Å². The fraction of sp³-hybridized carbons (Fsp3) is 0.450. The predicted octanol–water partition coefficient (Wildman–Crippen LogP) is 1.70. The third-order valence-corrected chi connectivity index (χ3v) is 6.17. The minimum atomic E-state index is -0.764. The molecule has 0 aromatic carbocycles. The number of nitrogens with two attached hydrogens (primary N) is 1. The van der Waals surface area contributed by atoms with E-state index in [0.717, 1.165) is 18.4 Å². The highest BCUT2D eigenvalue weighted by Gasteiger charge is 2.27. The number of carbonyl (C=O) groups excluding carboxylic acids is 2. The molecule has 4 rings (SSSR count). The van der Waals surface area contributed by atoms with Gasteiger partial charge in [-0.1, -0.05) is 6.92 Å². The monoisotopic (exact) mass is 428 g/mol. The third-order valence-electron chi connectivity index (χ3n) is 5.49. The number of piperidine rings is 1. The highest BCUT2D eigenvalue weighted by atomic mass is 32.1. The van der Waals surface area contributed by atoms with Crippen molar-refractivity contribution in [2.24, 2.45) is 11.7 Å². The molecule has 10 heteroatoms. The standard InChI is InChI=1S/C20H24N6O3S/c1-3-25-19-16(15(17(21)28)22-18(23-19)13-6-8-30-11-13)26(20(25)29)10-14(27)24-7-4-5-12(2)9-24/h6,8,11-12H,3-5,7,9-10H2,1-2H3,(H2,21,28)/t12-/m0/s1. The molecular formula is C20H24N6O3S. The Bertz CT molecular complexity index is 1160. The van der Waals surface area contributed by atoms with Gasteiger partial charge in [0.1, 0.15) is 12.1 Å². The van der Waals surface area contributed by atoms with Crippen LogP contribution in [0.25, 0.3) is 22.6 Å². The van der Waals surface area contributed by atoms with Crippen LogP contribution in [0.15, 0.2) is 21.6 Å². The molecule has 1 aliphatic heterocycles. The maximum Gasteiger partial charge on any atom is 0.330 e. The fourth-order valence-corrected chi connectivity index (χ4v) is 4.62. The molecule has 4 heterocycles. The Hall–Kier alpha value is -3.01. The van der Waals surface area contributed by atoms with E-state index in [0.29, 0.717) is 37.0 Å². The van der Waals surface area contributed by atoms with Crippen molar-refractivity contribution in [2.45, 2.75) is 39.8 Å². The minimum absolute atomic E-state index is 0.0506. The van der Waals surface area contributed by atoms with E-state index in [2.05, 4.69) is 16.9 Å². The van der Waals surface area contributed by atoms with Crippen LogP contribution in [0.1, 0.15) is 37.2 Å². The molecule has 2 N–H and O–H groups in total. The van der Waals surface area contributed by atoms with E-state index < -0.39 is 11.6 Å². The summed E-state index contributed by atoms with van der Waals surface area (Å²) in [6, 6.07) is 1.84. The van der Waals surface area contributed by atoms with Gasteiger partial charge in [-0.25, -0.2) is 14.8 Å². The third kappa shape index (κ3) is 3.51. The number of hydrogen-bond acceptors (Lipinski definition) is 6. The number of likely N-dealkylation sites (tertiary alicyclic amines) is 1. The highest BCUT2D eigenvalue weighted by Crippen LogP contribution is 2.24. The van der Waals surface area contributed by atoms with Crippen LogP contribution in [0.5, 0.6) is 0 Å². The molecule has 2 amide bonds. The van der Waals surface area contributed by atoms with Crippen molar-refractivity contribution in [3.05, 3.63) is 33.0 Å². The molecule has 0 spiro atoms. The van der Waals surface area contributed by atoms with Gasteiger partial charge in [0.25, 0.3) is 5.91 Å². The summed E-state index contributed by atoms with van der Waals surface area (Å²) < 4.78 is 2.74. The Morgan fingerprint density at radius 3 is 2.73 bits per heavy atom. The van der Waals surface area contributed by atoms with Gasteiger partial charge in [0.15, 0.2) is 17.2 Å². The van der Waals surface area contributed by atoms with Crippen LogP contribution in [0.3, 0.4) is 0 Å². The molecule has 1 fully saturated rings. The van der Waals surface area contributed by atoms with Crippen molar-refractivity contribution in [1.29, 1.82) is 0 Å². The molecule has 3 aromatic rings. The summed E-state index contributed by atoms with van der Waals surface area (Å²) in [5.41, 5.74) is 6.44. The number of imidazole rings is 1. The van der Waals surface area contributed by atoms with Gasteiger partial charge in [0.05, 0.1) is 0 Å².